The van der Waals surface area contributed by atoms with Crippen LogP contribution in [0, 0.1) is 5.82 Å². The van der Waals surface area contributed by atoms with Gasteiger partial charge in [-0.15, -0.1) is 0 Å². The molecule has 4 nitrogen and oxygen atoms in total. The molecule has 0 atom stereocenters. The van der Waals surface area contributed by atoms with Crippen molar-refractivity contribution >= 4 is 11.7 Å². The van der Waals surface area contributed by atoms with E-state index in [1.54, 1.807) is 43.3 Å². The molecule has 0 spiro atoms. The van der Waals surface area contributed by atoms with Gasteiger partial charge >= 0.3 is 0 Å². The van der Waals surface area contributed by atoms with Crippen LogP contribution in [-0.4, -0.2) is 43.9 Å². The summed E-state index contributed by atoms with van der Waals surface area (Å²) in [6.45, 7) is 1.10. The molecule has 126 valence electrons. The van der Waals surface area contributed by atoms with E-state index in [1.165, 1.54) is 24.3 Å². The highest BCUT2D eigenvalue weighted by molar-refractivity contribution is 6.15. The van der Waals surface area contributed by atoms with E-state index in [1.807, 2.05) is 0 Å². The van der Waals surface area contributed by atoms with E-state index >= 15 is 0 Å². The molecule has 0 bridgehead atoms. The highest BCUT2D eigenvalue weighted by atomic mass is 19.1. The number of ketones is 1. The molecular weight excluding hydrogens is 309 g/mol. The second-order valence-corrected chi connectivity index (χ2v) is 5.45. The molecule has 24 heavy (non-hydrogen) atoms. The van der Waals surface area contributed by atoms with Gasteiger partial charge in [0.2, 0.25) is 0 Å². The molecule has 0 aliphatic carbocycles. The molecule has 0 aliphatic rings. The lowest BCUT2D eigenvalue weighted by molar-refractivity contribution is 0.0775. The Morgan fingerprint density at radius 1 is 1.04 bits per heavy atom. The Hall–Kier alpha value is -2.53. The number of methoxy groups -OCH3 is 1. The van der Waals surface area contributed by atoms with Crippen molar-refractivity contribution in [3.05, 3.63) is 71.0 Å². The van der Waals surface area contributed by atoms with E-state index < -0.39 is 5.82 Å². The van der Waals surface area contributed by atoms with E-state index in [-0.39, 0.29) is 11.7 Å². The number of ether oxygens (including phenoxy) is 1. The maximum atomic E-state index is 13.0. The third kappa shape index (κ3) is 4.26. The summed E-state index contributed by atoms with van der Waals surface area (Å²) in [5.41, 5.74) is 0.998. The molecule has 2 rings (SSSR count). The van der Waals surface area contributed by atoms with Crippen molar-refractivity contribution in [3.63, 3.8) is 0 Å². The van der Waals surface area contributed by atoms with Gasteiger partial charge < -0.3 is 9.64 Å². The maximum absolute atomic E-state index is 13.0. The Kier molecular flexibility index (Phi) is 6.21. The molecule has 0 N–H and O–H groups in total. The minimum atomic E-state index is -0.409. The highest BCUT2D eigenvalue weighted by Crippen LogP contribution is 2.17. The third-order valence-corrected chi connectivity index (χ3v) is 3.70. The van der Waals surface area contributed by atoms with E-state index in [0.29, 0.717) is 36.3 Å². The van der Waals surface area contributed by atoms with Crippen LogP contribution >= 0.6 is 0 Å². The summed E-state index contributed by atoms with van der Waals surface area (Å²) in [7, 11) is 3.30. The Labute approximate surface area is 140 Å². The second kappa shape index (κ2) is 8.36. The SMILES string of the molecule is COCCCN(C)C(=O)c1ccccc1C(=O)c1ccc(F)cc1. The summed E-state index contributed by atoms with van der Waals surface area (Å²) in [5.74, 6) is -0.935. The van der Waals surface area contributed by atoms with E-state index in [2.05, 4.69) is 0 Å². The Bertz CT molecular complexity index is 713. The van der Waals surface area contributed by atoms with Crippen LogP contribution < -0.4 is 0 Å². The van der Waals surface area contributed by atoms with Gasteiger partial charge in [-0.25, -0.2) is 4.39 Å². The summed E-state index contributed by atoms with van der Waals surface area (Å²) in [4.78, 5) is 26.8. The molecule has 0 heterocycles. The number of hydrogen-bond donors (Lipinski definition) is 0. The normalized spacial score (nSPS) is 10.5. The standard InChI is InChI=1S/C19H20FNO3/c1-21(12-5-13-24-2)19(23)17-7-4-3-6-16(17)18(22)14-8-10-15(20)11-9-14/h3-4,6-11H,5,12-13H2,1-2H3. The molecule has 0 fully saturated rings. The predicted molar refractivity (Wildman–Crippen MR) is 89.7 cm³/mol. The van der Waals surface area contributed by atoms with E-state index in [0.717, 1.165) is 0 Å². The molecule has 1 amide bonds. The summed E-state index contributed by atoms with van der Waals surface area (Å²) in [6, 6.07) is 12.0. The lowest BCUT2D eigenvalue weighted by atomic mass is 9.97. The fraction of sp³-hybridized carbons (Fsp3) is 0.263. The van der Waals surface area contributed by atoms with Crippen LogP contribution in [0.2, 0.25) is 0 Å². The van der Waals surface area contributed by atoms with Crippen LogP contribution in [0.5, 0.6) is 0 Å². The van der Waals surface area contributed by atoms with Crippen molar-refractivity contribution in [2.45, 2.75) is 6.42 Å². The topological polar surface area (TPSA) is 46.6 Å². The van der Waals surface area contributed by atoms with Gasteiger partial charge in [-0.3, -0.25) is 9.59 Å². The van der Waals surface area contributed by atoms with Crippen LogP contribution in [0.4, 0.5) is 4.39 Å². The Morgan fingerprint density at radius 3 is 2.29 bits per heavy atom. The monoisotopic (exact) mass is 329 g/mol. The Morgan fingerprint density at radius 2 is 1.67 bits per heavy atom. The average Bonchev–Trinajstić information content (AvgIpc) is 2.61. The zero-order valence-electron chi connectivity index (χ0n) is 13.8. The van der Waals surface area contributed by atoms with Gasteiger partial charge in [-0.2, -0.15) is 0 Å². The van der Waals surface area contributed by atoms with Gasteiger partial charge in [0.15, 0.2) is 5.78 Å². The minimum absolute atomic E-state index is 0.225. The number of carbonyl (C=O) groups excluding carboxylic acids is 2. The van der Waals surface area contributed by atoms with Crippen LogP contribution in [0.15, 0.2) is 48.5 Å². The first-order valence-corrected chi connectivity index (χ1v) is 7.68. The van der Waals surface area contributed by atoms with Gasteiger partial charge in [0.25, 0.3) is 5.91 Å². The second-order valence-electron chi connectivity index (χ2n) is 5.45. The first kappa shape index (κ1) is 17.8. The first-order chi connectivity index (χ1) is 11.5. The number of nitrogens with zero attached hydrogens (tertiary/aromatic N) is 1. The van der Waals surface area contributed by atoms with Crippen molar-refractivity contribution in [2.24, 2.45) is 0 Å². The van der Waals surface area contributed by atoms with Crippen LogP contribution in [0.3, 0.4) is 0 Å². The molecule has 0 radical (unpaired) electrons. The minimum Gasteiger partial charge on any atom is -0.385 e. The summed E-state index contributed by atoms with van der Waals surface area (Å²) < 4.78 is 18.0. The first-order valence-electron chi connectivity index (χ1n) is 7.68. The summed E-state index contributed by atoms with van der Waals surface area (Å²) >= 11 is 0. The molecule has 0 aliphatic heterocycles. The predicted octanol–water partition coefficient (Wildman–Crippen LogP) is 3.17. The largest absolute Gasteiger partial charge is 0.385 e. The molecule has 0 saturated heterocycles. The smallest absolute Gasteiger partial charge is 0.254 e. The quantitative estimate of drug-likeness (QED) is 0.579. The number of carbonyl (C=O) groups is 2. The van der Waals surface area contributed by atoms with Crippen molar-refractivity contribution in [3.8, 4) is 0 Å². The molecule has 0 unspecified atom stereocenters. The molecule has 2 aromatic rings. The van der Waals surface area contributed by atoms with Crippen LogP contribution in [-0.2, 0) is 4.74 Å². The van der Waals surface area contributed by atoms with Crippen LogP contribution in [0.1, 0.15) is 32.7 Å². The number of amides is 1. The lowest BCUT2D eigenvalue weighted by Crippen LogP contribution is -2.29. The van der Waals surface area contributed by atoms with Gasteiger partial charge in [0.05, 0.1) is 5.56 Å². The zero-order valence-corrected chi connectivity index (χ0v) is 13.8. The van der Waals surface area contributed by atoms with Crippen molar-refractivity contribution in [2.75, 3.05) is 27.3 Å². The summed E-state index contributed by atoms with van der Waals surface area (Å²) in [5, 5.41) is 0. The zero-order chi connectivity index (χ0) is 17.5. The number of hydrogen-bond acceptors (Lipinski definition) is 3. The van der Waals surface area contributed by atoms with Crippen LogP contribution in [0.25, 0.3) is 0 Å². The fourth-order valence-electron chi connectivity index (χ4n) is 2.38. The van der Waals surface area contributed by atoms with Gasteiger partial charge in [-0.05, 0) is 36.8 Å². The lowest BCUT2D eigenvalue weighted by Gasteiger charge is -2.18. The Balaban J connectivity index is 2.25. The number of rotatable bonds is 7. The summed E-state index contributed by atoms with van der Waals surface area (Å²) in [6.07, 6.45) is 0.715. The van der Waals surface area contributed by atoms with E-state index in [4.69, 9.17) is 4.74 Å². The molecule has 5 heteroatoms. The maximum Gasteiger partial charge on any atom is 0.254 e. The van der Waals surface area contributed by atoms with Crippen molar-refractivity contribution < 1.29 is 18.7 Å². The number of benzene rings is 2. The van der Waals surface area contributed by atoms with Crippen molar-refractivity contribution in [1.29, 1.82) is 0 Å². The number of halogens is 1. The average molecular weight is 329 g/mol. The van der Waals surface area contributed by atoms with Crippen molar-refractivity contribution in [1.82, 2.24) is 4.90 Å². The van der Waals surface area contributed by atoms with Gasteiger partial charge in [0.1, 0.15) is 5.82 Å². The molecule has 0 aromatic heterocycles. The van der Waals surface area contributed by atoms with Gasteiger partial charge in [-0.1, -0.05) is 18.2 Å². The highest BCUT2D eigenvalue weighted by Gasteiger charge is 2.20. The molecule has 0 saturated carbocycles. The van der Waals surface area contributed by atoms with E-state index in [9.17, 15) is 14.0 Å². The molecular formula is C19H20FNO3. The third-order valence-electron chi connectivity index (χ3n) is 3.70. The fourth-order valence-corrected chi connectivity index (χ4v) is 2.38. The molecule has 2 aromatic carbocycles. The van der Waals surface area contributed by atoms with Gasteiger partial charge in [0, 0.05) is 38.4 Å².